The predicted octanol–water partition coefficient (Wildman–Crippen LogP) is 3.30. The minimum Gasteiger partial charge on any atom is -0.333 e. The highest BCUT2D eigenvalue weighted by Crippen LogP contribution is 2.22. The van der Waals surface area contributed by atoms with Crippen molar-refractivity contribution in [2.45, 2.75) is 13.1 Å². The zero-order chi connectivity index (χ0) is 15.4. The second-order valence-electron chi connectivity index (χ2n) is 4.98. The van der Waals surface area contributed by atoms with Crippen molar-refractivity contribution in [3.05, 3.63) is 58.7 Å². The first-order valence-electron chi connectivity index (χ1n) is 6.78. The highest BCUT2D eigenvalue weighted by Gasteiger charge is 2.11. The van der Waals surface area contributed by atoms with Gasteiger partial charge in [-0.3, -0.25) is 4.90 Å². The second-order valence-corrected chi connectivity index (χ2v) is 5.93. The molecule has 5 nitrogen and oxygen atoms in total. The smallest absolute Gasteiger partial charge is 0.268 e. The Balaban J connectivity index is 1.64. The van der Waals surface area contributed by atoms with Crippen LogP contribution in [-0.4, -0.2) is 22.1 Å². The fourth-order valence-corrected chi connectivity index (χ4v) is 2.81. The molecule has 0 radical (unpaired) electrons. The average Bonchev–Trinajstić information content (AvgIpc) is 3.18. The van der Waals surface area contributed by atoms with Crippen molar-refractivity contribution < 1.29 is 4.52 Å². The molecule has 0 aliphatic rings. The monoisotopic (exact) mass is 310 g/mol. The molecule has 1 aromatic carbocycles. The Hall–Kier alpha value is -2.49. The third kappa shape index (κ3) is 3.39. The van der Waals surface area contributed by atoms with Gasteiger partial charge in [-0.2, -0.15) is 10.2 Å². The van der Waals surface area contributed by atoms with Crippen molar-refractivity contribution in [1.29, 1.82) is 5.26 Å². The van der Waals surface area contributed by atoms with Gasteiger partial charge in [0, 0.05) is 6.54 Å². The van der Waals surface area contributed by atoms with Crippen LogP contribution in [0.15, 0.2) is 46.3 Å². The number of nitriles is 1. The topological polar surface area (TPSA) is 66.0 Å². The SMILES string of the molecule is CN(Cc1cccc(C#N)c1)Cc1noc(-c2cccs2)n1. The summed E-state index contributed by atoms with van der Waals surface area (Å²) in [6, 6.07) is 13.7. The molecule has 3 aromatic rings. The van der Waals surface area contributed by atoms with Gasteiger partial charge in [0.15, 0.2) is 5.82 Å². The molecule has 110 valence electrons. The molecule has 0 aliphatic heterocycles. The van der Waals surface area contributed by atoms with E-state index >= 15 is 0 Å². The van der Waals surface area contributed by atoms with E-state index in [-0.39, 0.29) is 0 Å². The Kier molecular flexibility index (Phi) is 4.28. The molecule has 0 N–H and O–H groups in total. The van der Waals surface area contributed by atoms with E-state index in [1.165, 1.54) is 0 Å². The molecule has 2 heterocycles. The quantitative estimate of drug-likeness (QED) is 0.723. The molecule has 0 fully saturated rings. The van der Waals surface area contributed by atoms with Gasteiger partial charge >= 0.3 is 0 Å². The Morgan fingerprint density at radius 1 is 1.27 bits per heavy atom. The summed E-state index contributed by atoms with van der Waals surface area (Å²) in [6.45, 7) is 1.31. The van der Waals surface area contributed by atoms with Gasteiger partial charge in [-0.05, 0) is 36.2 Å². The van der Waals surface area contributed by atoms with Crippen molar-refractivity contribution in [1.82, 2.24) is 15.0 Å². The van der Waals surface area contributed by atoms with Crippen LogP contribution in [0.25, 0.3) is 10.8 Å². The first kappa shape index (κ1) is 14.4. The Bertz CT molecular complexity index is 789. The number of thiophene rings is 1. The van der Waals surface area contributed by atoms with Crippen LogP contribution in [0.3, 0.4) is 0 Å². The summed E-state index contributed by atoms with van der Waals surface area (Å²) in [6.07, 6.45) is 0. The Morgan fingerprint density at radius 2 is 2.18 bits per heavy atom. The minimum atomic E-state index is 0.560. The number of hydrogen-bond acceptors (Lipinski definition) is 6. The summed E-state index contributed by atoms with van der Waals surface area (Å²) in [7, 11) is 1.99. The highest BCUT2D eigenvalue weighted by atomic mass is 32.1. The number of aromatic nitrogens is 2. The molecular formula is C16H14N4OS. The number of hydrogen-bond donors (Lipinski definition) is 0. The summed E-state index contributed by atoms with van der Waals surface area (Å²) >= 11 is 1.57. The van der Waals surface area contributed by atoms with Crippen LogP contribution in [0, 0.1) is 11.3 Å². The maximum Gasteiger partial charge on any atom is 0.268 e. The zero-order valence-electron chi connectivity index (χ0n) is 12.1. The highest BCUT2D eigenvalue weighted by molar-refractivity contribution is 7.13. The lowest BCUT2D eigenvalue weighted by atomic mass is 10.1. The zero-order valence-corrected chi connectivity index (χ0v) is 12.9. The van der Waals surface area contributed by atoms with Gasteiger partial charge in [0.1, 0.15) is 0 Å². The van der Waals surface area contributed by atoms with Crippen LogP contribution < -0.4 is 0 Å². The van der Waals surface area contributed by atoms with Gasteiger partial charge in [0.25, 0.3) is 5.89 Å². The number of nitrogens with zero attached hydrogens (tertiary/aromatic N) is 4. The predicted molar refractivity (Wildman–Crippen MR) is 83.9 cm³/mol. The van der Waals surface area contributed by atoms with E-state index in [0.29, 0.717) is 23.8 Å². The lowest BCUT2D eigenvalue weighted by molar-refractivity contribution is 0.302. The van der Waals surface area contributed by atoms with Crippen LogP contribution in [0.1, 0.15) is 17.0 Å². The standard InChI is InChI=1S/C16H14N4OS/c1-20(10-13-5-2-4-12(8-13)9-17)11-15-18-16(21-19-15)14-6-3-7-22-14/h2-8H,10-11H2,1H3. The second kappa shape index (κ2) is 6.52. The van der Waals surface area contributed by atoms with E-state index in [1.54, 1.807) is 17.4 Å². The molecule has 0 unspecified atom stereocenters. The third-order valence-electron chi connectivity index (χ3n) is 3.12. The van der Waals surface area contributed by atoms with Crippen LogP contribution in [0.4, 0.5) is 0 Å². The van der Waals surface area contributed by atoms with Gasteiger partial charge in [-0.15, -0.1) is 11.3 Å². The third-order valence-corrected chi connectivity index (χ3v) is 3.98. The molecule has 3 rings (SSSR count). The van der Waals surface area contributed by atoms with Crippen LogP contribution in [0.2, 0.25) is 0 Å². The Labute approximate surface area is 132 Å². The summed E-state index contributed by atoms with van der Waals surface area (Å²) in [5.41, 5.74) is 1.76. The van der Waals surface area contributed by atoms with Crippen molar-refractivity contribution in [3.8, 4) is 16.8 Å². The first-order valence-corrected chi connectivity index (χ1v) is 7.66. The van der Waals surface area contributed by atoms with Crippen molar-refractivity contribution in [2.24, 2.45) is 0 Å². The van der Waals surface area contributed by atoms with Gasteiger partial charge in [-0.1, -0.05) is 23.4 Å². The van der Waals surface area contributed by atoms with Gasteiger partial charge < -0.3 is 4.52 Å². The maximum absolute atomic E-state index is 8.93. The molecule has 0 spiro atoms. The molecular weight excluding hydrogens is 296 g/mol. The summed E-state index contributed by atoms with van der Waals surface area (Å²) in [5.74, 6) is 1.22. The van der Waals surface area contributed by atoms with Crippen LogP contribution in [0.5, 0.6) is 0 Å². The molecule has 0 saturated heterocycles. The van der Waals surface area contributed by atoms with E-state index in [1.807, 2.05) is 42.8 Å². The van der Waals surface area contributed by atoms with Gasteiger partial charge in [0.05, 0.1) is 23.1 Å². The summed E-state index contributed by atoms with van der Waals surface area (Å²) < 4.78 is 5.28. The summed E-state index contributed by atoms with van der Waals surface area (Å²) in [5, 5.41) is 14.9. The average molecular weight is 310 g/mol. The molecule has 0 aliphatic carbocycles. The fourth-order valence-electron chi connectivity index (χ4n) is 2.17. The molecule has 0 atom stereocenters. The number of rotatable bonds is 5. The van der Waals surface area contributed by atoms with Crippen molar-refractivity contribution in [2.75, 3.05) is 7.05 Å². The van der Waals surface area contributed by atoms with E-state index in [0.717, 1.165) is 17.0 Å². The van der Waals surface area contributed by atoms with Crippen molar-refractivity contribution in [3.63, 3.8) is 0 Å². The maximum atomic E-state index is 8.93. The lowest BCUT2D eigenvalue weighted by Gasteiger charge is -2.14. The van der Waals surface area contributed by atoms with Gasteiger partial charge in [-0.25, -0.2) is 0 Å². The van der Waals surface area contributed by atoms with E-state index in [2.05, 4.69) is 21.1 Å². The van der Waals surface area contributed by atoms with Gasteiger partial charge in [0.2, 0.25) is 0 Å². The summed E-state index contributed by atoms with van der Waals surface area (Å²) in [4.78, 5) is 7.46. The lowest BCUT2D eigenvalue weighted by Crippen LogP contribution is -2.18. The molecule has 6 heteroatoms. The van der Waals surface area contributed by atoms with Crippen molar-refractivity contribution >= 4 is 11.3 Å². The van der Waals surface area contributed by atoms with E-state index < -0.39 is 0 Å². The van der Waals surface area contributed by atoms with E-state index in [4.69, 9.17) is 9.78 Å². The Morgan fingerprint density at radius 3 is 2.95 bits per heavy atom. The van der Waals surface area contributed by atoms with Crippen LogP contribution >= 0.6 is 11.3 Å². The normalized spacial score (nSPS) is 10.8. The minimum absolute atomic E-state index is 0.560. The first-order chi connectivity index (χ1) is 10.7. The van der Waals surface area contributed by atoms with Crippen LogP contribution in [-0.2, 0) is 13.1 Å². The molecule has 2 aromatic heterocycles. The fraction of sp³-hybridized carbons (Fsp3) is 0.188. The number of benzene rings is 1. The molecule has 22 heavy (non-hydrogen) atoms. The molecule has 0 saturated carbocycles. The molecule has 0 amide bonds. The van der Waals surface area contributed by atoms with E-state index in [9.17, 15) is 0 Å². The molecule has 0 bridgehead atoms. The largest absolute Gasteiger partial charge is 0.333 e.